The maximum absolute atomic E-state index is 4.65. The van der Waals surface area contributed by atoms with Crippen LogP contribution in [0.15, 0.2) is 23.4 Å². The van der Waals surface area contributed by atoms with Crippen LogP contribution < -0.4 is 5.32 Å². The van der Waals surface area contributed by atoms with Gasteiger partial charge in [-0.2, -0.15) is 0 Å². The van der Waals surface area contributed by atoms with Gasteiger partial charge in [-0.05, 0) is 37.5 Å². The van der Waals surface area contributed by atoms with Crippen LogP contribution in [0.3, 0.4) is 0 Å². The fourth-order valence-electron chi connectivity index (χ4n) is 2.85. The molecule has 3 rings (SSSR count). The summed E-state index contributed by atoms with van der Waals surface area (Å²) >= 11 is 1.83. The Hall–Kier alpha value is -1.00. The van der Waals surface area contributed by atoms with Gasteiger partial charge in [0, 0.05) is 17.8 Å². The van der Waals surface area contributed by atoms with E-state index in [0.717, 1.165) is 28.8 Å². The summed E-state index contributed by atoms with van der Waals surface area (Å²) in [4.78, 5) is 8.07. The monoisotopic (exact) mass is 289 g/mol. The Kier molecular flexibility index (Phi) is 4.32. The Labute approximate surface area is 124 Å². The van der Waals surface area contributed by atoms with Crippen LogP contribution in [0.2, 0.25) is 0 Å². The minimum Gasteiger partial charge on any atom is -0.333 e. The standard InChI is InChI=1S/C16H23N3S/c1-11-7-8-14-15(9-11)19-16(18-14)20-12(2)10-17-13-5-3-4-6-13/h7-9,12-13,17H,3-6,10H2,1-2H3,(H,18,19). The molecule has 1 heterocycles. The van der Waals surface area contributed by atoms with Crippen molar-refractivity contribution in [3.8, 4) is 0 Å². The molecular weight excluding hydrogens is 266 g/mol. The van der Waals surface area contributed by atoms with Crippen molar-refractivity contribution in [1.29, 1.82) is 0 Å². The van der Waals surface area contributed by atoms with Gasteiger partial charge in [-0.1, -0.05) is 37.6 Å². The van der Waals surface area contributed by atoms with E-state index in [9.17, 15) is 0 Å². The number of aromatic nitrogens is 2. The Morgan fingerprint density at radius 2 is 2.20 bits per heavy atom. The summed E-state index contributed by atoms with van der Waals surface area (Å²) in [6.07, 6.45) is 5.48. The van der Waals surface area contributed by atoms with Gasteiger partial charge >= 0.3 is 0 Å². The molecule has 4 heteroatoms. The van der Waals surface area contributed by atoms with E-state index in [1.165, 1.54) is 31.2 Å². The van der Waals surface area contributed by atoms with E-state index in [0.29, 0.717) is 5.25 Å². The number of rotatable bonds is 5. The van der Waals surface area contributed by atoms with Crippen molar-refractivity contribution < 1.29 is 0 Å². The molecular formula is C16H23N3S. The molecule has 0 spiro atoms. The van der Waals surface area contributed by atoms with Crippen LogP contribution in [0.25, 0.3) is 11.0 Å². The molecule has 1 atom stereocenters. The first-order valence-electron chi connectivity index (χ1n) is 7.57. The Morgan fingerprint density at radius 3 is 3.00 bits per heavy atom. The number of thioether (sulfide) groups is 1. The second-order valence-electron chi connectivity index (χ2n) is 5.88. The molecule has 1 aliphatic carbocycles. The average molecular weight is 289 g/mol. The summed E-state index contributed by atoms with van der Waals surface area (Å²) in [5.41, 5.74) is 3.48. The number of aryl methyl sites for hydroxylation is 1. The molecule has 1 saturated carbocycles. The van der Waals surface area contributed by atoms with E-state index in [1.807, 2.05) is 11.8 Å². The van der Waals surface area contributed by atoms with Crippen molar-refractivity contribution in [3.63, 3.8) is 0 Å². The van der Waals surface area contributed by atoms with Gasteiger partial charge in [0.1, 0.15) is 0 Å². The van der Waals surface area contributed by atoms with E-state index in [-0.39, 0.29) is 0 Å². The number of nitrogens with zero attached hydrogens (tertiary/aromatic N) is 1. The third-order valence-corrected chi connectivity index (χ3v) is 4.96. The number of benzene rings is 1. The zero-order chi connectivity index (χ0) is 13.9. The number of hydrogen-bond acceptors (Lipinski definition) is 3. The van der Waals surface area contributed by atoms with E-state index < -0.39 is 0 Å². The third-order valence-electron chi connectivity index (χ3n) is 3.98. The van der Waals surface area contributed by atoms with Crippen molar-refractivity contribution in [1.82, 2.24) is 15.3 Å². The van der Waals surface area contributed by atoms with Gasteiger partial charge < -0.3 is 10.3 Å². The van der Waals surface area contributed by atoms with Gasteiger partial charge in [-0.3, -0.25) is 0 Å². The lowest BCUT2D eigenvalue weighted by Crippen LogP contribution is -2.31. The van der Waals surface area contributed by atoms with Gasteiger partial charge in [0.15, 0.2) is 5.16 Å². The summed E-state index contributed by atoms with van der Waals surface area (Å²) < 4.78 is 0. The van der Waals surface area contributed by atoms with Gasteiger partial charge in [0.2, 0.25) is 0 Å². The van der Waals surface area contributed by atoms with E-state index in [2.05, 4.69) is 47.3 Å². The molecule has 0 bridgehead atoms. The smallest absolute Gasteiger partial charge is 0.166 e. The minimum absolute atomic E-state index is 0.539. The Balaban J connectivity index is 1.57. The lowest BCUT2D eigenvalue weighted by Gasteiger charge is -2.15. The Bertz CT molecular complexity index is 572. The molecule has 1 fully saturated rings. The highest BCUT2D eigenvalue weighted by Gasteiger charge is 2.16. The number of imidazole rings is 1. The number of nitrogens with one attached hydrogen (secondary N) is 2. The normalized spacial score (nSPS) is 17.9. The largest absolute Gasteiger partial charge is 0.333 e. The predicted molar refractivity (Wildman–Crippen MR) is 86.4 cm³/mol. The maximum Gasteiger partial charge on any atom is 0.166 e. The van der Waals surface area contributed by atoms with Crippen molar-refractivity contribution in [3.05, 3.63) is 23.8 Å². The van der Waals surface area contributed by atoms with Gasteiger partial charge in [-0.25, -0.2) is 4.98 Å². The van der Waals surface area contributed by atoms with Gasteiger partial charge in [0.05, 0.1) is 11.0 Å². The maximum atomic E-state index is 4.65. The Morgan fingerprint density at radius 1 is 1.40 bits per heavy atom. The first-order valence-corrected chi connectivity index (χ1v) is 8.45. The number of hydrogen-bond donors (Lipinski definition) is 2. The lowest BCUT2D eigenvalue weighted by molar-refractivity contribution is 0.527. The molecule has 1 unspecified atom stereocenters. The molecule has 2 N–H and O–H groups in total. The average Bonchev–Trinajstić information content (AvgIpc) is 3.04. The fourth-order valence-corrected chi connectivity index (χ4v) is 3.73. The van der Waals surface area contributed by atoms with E-state index >= 15 is 0 Å². The molecule has 108 valence electrons. The van der Waals surface area contributed by atoms with Crippen molar-refractivity contribution in [2.75, 3.05) is 6.54 Å². The quantitative estimate of drug-likeness (QED) is 0.821. The zero-order valence-corrected chi connectivity index (χ0v) is 13.1. The van der Waals surface area contributed by atoms with Crippen LogP contribution in [-0.4, -0.2) is 27.8 Å². The minimum atomic E-state index is 0.539. The summed E-state index contributed by atoms with van der Waals surface area (Å²) in [6.45, 7) is 5.44. The number of aromatic amines is 1. The molecule has 2 aromatic rings. The van der Waals surface area contributed by atoms with E-state index in [1.54, 1.807) is 0 Å². The highest BCUT2D eigenvalue weighted by Crippen LogP contribution is 2.24. The van der Waals surface area contributed by atoms with Gasteiger partial charge in [0.25, 0.3) is 0 Å². The molecule has 1 aromatic heterocycles. The van der Waals surface area contributed by atoms with E-state index in [4.69, 9.17) is 0 Å². The number of fused-ring (bicyclic) bond motifs is 1. The van der Waals surface area contributed by atoms with Gasteiger partial charge in [-0.15, -0.1) is 0 Å². The third kappa shape index (κ3) is 3.36. The zero-order valence-electron chi connectivity index (χ0n) is 12.3. The topological polar surface area (TPSA) is 40.7 Å². The molecule has 0 radical (unpaired) electrons. The summed E-state index contributed by atoms with van der Waals surface area (Å²) in [6, 6.07) is 7.11. The van der Waals surface area contributed by atoms with Crippen molar-refractivity contribution in [2.24, 2.45) is 0 Å². The molecule has 0 aliphatic heterocycles. The molecule has 3 nitrogen and oxygen atoms in total. The van der Waals surface area contributed by atoms with Crippen LogP contribution in [0.5, 0.6) is 0 Å². The highest BCUT2D eigenvalue weighted by molar-refractivity contribution is 7.99. The molecule has 0 amide bonds. The predicted octanol–water partition coefficient (Wildman–Crippen LogP) is 3.88. The summed E-state index contributed by atoms with van der Waals surface area (Å²) in [5.74, 6) is 0. The van der Waals surface area contributed by atoms with Crippen LogP contribution in [0, 0.1) is 6.92 Å². The fraction of sp³-hybridized carbons (Fsp3) is 0.562. The van der Waals surface area contributed by atoms with Crippen LogP contribution in [-0.2, 0) is 0 Å². The molecule has 0 saturated heterocycles. The van der Waals surface area contributed by atoms with Crippen LogP contribution >= 0.6 is 11.8 Å². The second-order valence-corrected chi connectivity index (χ2v) is 7.31. The summed E-state index contributed by atoms with van der Waals surface area (Å²) in [7, 11) is 0. The lowest BCUT2D eigenvalue weighted by atomic mass is 10.2. The highest BCUT2D eigenvalue weighted by atomic mass is 32.2. The first kappa shape index (κ1) is 14.0. The van der Waals surface area contributed by atoms with Crippen LogP contribution in [0.4, 0.5) is 0 Å². The molecule has 20 heavy (non-hydrogen) atoms. The van der Waals surface area contributed by atoms with Crippen molar-refractivity contribution in [2.45, 2.75) is 56.0 Å². The summed E-state index contributed by atoms with van der Waals surface area (Å²) in [5, 5.41) is 5.25. The SMILES string of the molecule is Cc1ccc2nc(SC(C)CNC3CCCC3)[nH]c2c1. The first-order chi connectivity index (χ1) is 9.70. The second kappa shape index (κ2) is 6.19. The molecule has 1 aliphatic rings. The number of H-pyrrole nitrogens is 1. The van der Waals surface area contributed by atoms with Crippen molar-refractivity contribution >= 4 is 22.8 Å². The van der Waals surface area contributed by atoms with Crippen LogP contribution in [0.1, 0.15) is 38.2 Å². The molecule has 1 aromatic carbocycles.